The lowest BCUT2D eigenvalue weighted by molar-refractivity contribution is 0.142. The standard InChI is InChI=1S/C9H18ClN5S.ClH/c1-4-11-15-12-8(14(5-2)6-3)7-9(13-15)16-10;/h7,11,13H,4-6H2,1-3H3;1H. The zero-order chi connectivity index (χ0) is 12.0. The van der Waals surface area contributed by atoms with Gasteiger partial charge in [-0.1, -0.05) is 6.92 Å². The van der Waals surface area contributed by atoms with E-state index in [1.807, 2.05) is 13.0 Å². The lowest BCUT2D eigenvalue weighted by Gasteiger charge is -2.30. The van der Waals surface area contributed by atoms with E-state index in [1.54, 1.807) is 5.23 Å². The Bertz CT molecular complexity index is 281. The van der Waals surface area contributed by atoms with Crippen LogP contribution in [0.25, 0.3) is 0 Å². The Hall–Kier alpha value is -0.300. The van der Waals surface area contributed by atoms with E-state index in [1.165, 1.54) is 0 Å². The molecule has 0 atom stereocenters. The first kappa shape index (κ1) is 16.7. The highest BCUT2D eigenvalue weighted by molar-refractivity contribution is 8.24. The van der Waals surface area contributed by atoms with Gasteiger partial charge in [-0.15, -0.1) is 22.7 Å². The molecule has 1 aliphatic heterocycles. The molecule has 0 unspecified atom stereocenters. The molecule has 0 amide bonds. The van der Waals surface area contributed by atoms with Crippen LogP contribution in [0.2, 0.25) is 0 Å². The molecule has 0 spiro atoms. The van der Waals surface area contributed by atoms with Crippen molar-refractivity contribution >= 4 is 39.9 Å². The van der Waals surface area contributed by atoms with Crippen LogP contribution in [0.5, 0.6) is 0 Å². The fourth-order valence-electron chi connectivity index (χ4n) is 1.38. The van der Waals surface area contributed by atoms with E-state index >= 15 is 0 Å². The Balaban J connectivity index is 0.00000256. The number of rotatable bonds is 5. The molecule has 5 nitrogen and oxygen atoms in total. The van der Waals surface area contributed by atoms with Gasteiger partial charge in [0.15, 0.2) is 5.84 Å². The molecule has 17 heavy (non-hydrogen) atoms. The summed E-state index contributed by atoms with van der Waals surface area (Å²) in [4.78, 5) is 2.16. The number of likely N-dealkylation sites (N-methyl/N-ethyl adjacent to an activating group) is 1. The summed E-state index contributed by atoms with van der Waals surface area (Å²) in [7, 11) is 6.91. The molecule has 0 aliphatic carbocycles. The number of hydrazone groups is 1. The molecule has 0 bridgehead atoms. The van der Waals surface area contributed by atoms with Gasteiger partial charge in [0.1, 0.15) is 5.03 Å². The third-order valence-corrected chi connectivity index (χ3v) is 3.03. The molecule has 0 radical (unpaired) electrons. The zero-order valence-corrected chi connectivity index (χ0v) is 12.6. The molecule has 0 aromatic carbocycles. The summed E-state index contributed by atoms with van der Waals surface area (Å²) in [6.45, 7) is 8.86. The van der Waals surface area contributed by atoms with Crippen molar-refractivity contribution in [1.82, 2.24) is 21.0 Å². The Morgan fingerprint density at radius 3 is 2.59 bits per heavy atom. The maximum absolute atomic E-state index is 5.76. The van der Waals surface area contributed by atoms with Crippen molar-refractivity contribution in [1.29, 1.82) is 0 Å². The minimum atomic E-state index is 0. The Morgan fingerprint density at radius 1 is 1.47 bits per heavy atom. The molecule has 8 heteroatoms. The smallest absolute Gasteiger partial charge is 0.155 e. The summed E-state index contributed by atoms with van der Waals surface area (Å²) in [5.41, 5.74) is 6.11. The summed E-state index contributed by atoms with van der Waals surface area (Å²) < 4.78 is 0. The largest absolute Gasteiger partial charge is 0.356 e. The van der Waals surface area contributed by atoms with Crippen LogP contribution in [0.4, 0.5) is 0 Å². The van der Waals surface area contributed by atoms with Crippen LogP contribution in [0.3, 0.4) is 0 Å². The highest BCUT2D eigenvalue weighted by Gasteiger charge is 2.15. The third-order valence-electron chi connectivity index (χ3n) is 2.16. The summed E-state index contributed by atoms with van der Waals surface area (Å²) >= 11 is 0. The number of hydrogen-bond acceptors (Lipinski definition) is 6. The van der Waals surface area contributed by atoms with Crippen molar-refractivity contribution in [2.24, 2.45) is 5.10 Å². The molecular weight excluding hydrogens is 281 g/mol. The van der Waals surface area contributed by atoms with Gasteiger partial charge in [0.25, 0.3) is 0 Å². The van der Waals surface area contributed by atoms with E-state index in [4.69, 9.17) is 10.7 Å². The van der Waals surface area contributed by atoms with E-state index in [0.717, 1.165) is 41.5 Å². The van der Waals surface area contributed by atoms with Crippen LogP contribution in [-0.2, 0) is 0 Å². The number of hydrazine groups is 2. The SMILES string of the molecule is CCNN1N=C(N(CC)CC)C=C(SCl)N1.Cl. The predicted molar refractivity (Wildman–Crippen MR) is 77.8 cm³/mol. The van der Waals surface area contributed by atoms with Gasteiger partial charge in [-0.25, -0.2) is 0 Å². The summed E-state index contributed by atoms with van der Waals surface area (Å²) in [6, 6.07) is 0. The first-order valence-corrected chi connectivity index (χ1v) is 7.03. The molecular formula is C9H19Cl2N5S. The number of amidine groups is 1. The third kappa shape index (κ3) is 4.83. The average Bonchev–Trinajstić information content (AvgIpc) is 2.31. The second-order valence-corrected chi connectivity index (χ2v) is 4.21. The van der Waals surface area contributed by atoms with Crippen molar-refractivity contribution < 1.29 is 0 Å². The first-order chi connectivity index (χ1) is 7.74. The van der Waals surface area contributed by atoms with Gasteiger partial charge in [0.2, 0.25) is 0 Å². The van der Waals surface area contributed by atoms with E-state index in [9.17, 15) is 0 Å². The van der Waals surface area contributed by atoms with E-state index in [-0.39, 0.29) is 12.4 Å². The molecule has 0 saturated heterocycles. The lowest BCUT2D eigenvalue weighted by atomic mass is 10.4. The Kier molecular flexibility index (Phi) is 8.59. The van der Waals surface area contributed by atoms with Gasteiger partial charge in [0.05, 0.1) is 0 Å². The molecule has 2 N–H and O–H groups in total. The first-order valence-electron chi connectivity index (χ1n) is 5.39. The average molecular weight is 300 g/mol. The van der Waals surface area contributed by atoms with E-state index in [2.05, 4.69) is 34.7 Å². The van der Waals surface area contributed by atoms with Crippen LogP contribution >= 0.6 is 34.1 Å². The van der Waals surface area contributed by atoms with Gasteiger partial charge < -0.3 is 4.90 Å². The van der Waals surface area contributed by atoms with E-state index in [0.29, 0.717) is 0 Å². The minimum absolute atomic E-state index is 0. The quantitative estimate of drug-likeness (QED) is 0.814. The van der Waals surface area contributed by atoms with Crippen LogP contribution in [0.1, 0.15) is 20.8 Å². The van der Waals surface area contributed by atoms with Gasteiger partial charge in [-0.2, -0.15) is 5.43 Å². The Labute approximate surface area is 117 Å². The monoisotopic (exact) mass is 299 g/mol. The maximum atomic E-state index is 5.76. The van der Waals surface area contributed by atoms with Crippen LogP contribution in [-0.4, -0.2) is 35.6 Å². The van der Waals surface area contributed by atoms with Crippen LogP contribution in [0, 0.1) is 0 Å². The Morgan fingerprint density at radius 2 is 2.12 bits per heavy atom. The summed E-state index contributed by atoms with van der Waals surface area (Å²) in [5, 5.41) is 6.87. The fourth-order valence-corrected chi connectivity index (χ4v) is 1.88. The van der Waals surface area contributed by atoms with Crippen molar-refractivity contribution in [2.75, 3.05) is 19.6 Å². The molecule has 0 aromatic rings. The van der Waals surface area contributed by atoms with Crippen LogP contribution < -0.4 is 10.9 Å². The van der Waals surface area contributed by atoms with Gasteiger partial charge in [0, 0.05) is 36.7 Å². The van der Waals surface area contributed by atoms with Crippen molar-refractivity contribution in [3.05, 3.63) is 11.1 Å². The molecule has 0 fully saturated rings. The second-order valence-electron chi connectivity index (χ2n) is 3.15. The van der Waals surface area contributed by atoms with Crippen LogP contribution in [0.15, 0.2) is 16.2 Å². The zero-order valence-electron chi connectivity index (χ0n) is 10.2. The summed E-state index contributed by atoms with van der Waals surface area (Å²) in [6.07, 6.45) is 1.94. The lowest BCUT2D eigenvalue weighted by Crippen LogP contribution is -2.48. The second kappa shape index (κ2) is 8.74. The number of halogens is 2. The van der Waals surface area contributed by atoms with E-state index < -0.39 is 0 Å². The topological polar surface area (TPSA) is 42.9 Å². The predicted octanol–water partition coefficient (Wildman–Crippen LogP) is 2.14. The van der Waals surface area contributed by atoms with Gasteiger partial charge in [-0.05, 0) is 24.5 Å². The van der Waals surface area contributed by atoms with Crippen molar-refractivity contribution in [3.63, 3.8) is 0 Å². The summed E-state index contributed by atoms with van der Waals surface area (Å²) in [5.74, 6) is 0.910. The van der Waals surface area contributed by atoms with Gasteiger partial charge in [-0.3, -0.25) is 5.43 Å². The van der Waals surface area contributed by atoms with Crippen molar-refractivity contribution in [3.8, 4) is 0 Å². The molecule has 1 heterocycles. The maximum Gasteiger partial charge on any atom is 0.155 e. The molecule has 0 saturated carbocycles. The fraction of sp³-hybridized carbons (Fsp3) is 0.667. The number of nitrogens with zero attached hydrogens (tertiary/aromatic N) is 3. The molecule has 1 aliphatic rings. The van der Waals surface area contributed by atoms with Crippen molar-refractivity contribution in [2.45, 2.75) is 20.8 Å². The molecule has 0 aromatic heterocycles. The highest BCUT2D eigenvalue weighted by atomic mass is 35.7. The number of hydrogen-bond donors (Lipinski definition) is 2. The molecule has 1 rings (SSSR count). The highest BCUT2D eigenvalue weighted by Crippen LogP contribution is 2.20. The van der Waals surface area contributed by atoms with Gasteiger partial charge >= 0.3 is 0 Å². The number of nitrogens with one attached hydrogen (secondary N) is 2. The minimum Gasteiger partial charge on any atom is -0.356 e. The normalized spacial score (nSPS) is 14.5. The molecule has 100 valence electrons.